The van der Waals surface area contributed by atoms with Gasteiger partial charge in [-0.25, -0.2) is 0 Å². The number of aliphatic hydroxyl groups excluding tert-OH is 16. The fourth-order valence-corrected chi connectivity index (χ4v) is 7.32. The van der Waals surface area contributed by atoms with E-state index in [0.717, 1.165) is 76.2 Å². The van der Waals surface area contributed by atoms with Gasteiger partial charge in [-0.05, 0) is 83.1 Å². The van der Waals surface area contributed by atoms with Crippen LogP contribution in [-0.4, -0.2) is 338 Å². The molecule has 0 bridgehead atoms. The standard InChI is InChI=1S/C66H112O39/c1-42(54(2,14-67)15-68)94-30-62(10,31-95-43(83)55(3,16-69)17-70)50(90)102-38-66(39-103-51(91)63(11,32-96-44(84)56(4,18-71)19-72)33-97-45(85)57(5,20-73)21-74,40-104-52(92)64(12,34-98-46(86)58(6,22-75)23-76)35-99-47(87)59(7,24-77)25-78)41-105-53(93)65(13,36-100-48(88)60(8,26-79)27-80)37-101-49(89)61(9,28-81)29-82/h42,67-82H,14-41H2,1-13H3. The van der Waals surface area contributed by atoms with Crippen LogP contribution in [0.25, 0.3) is 0 Å². The molecule has 2 atom stereocenters. The van der Waals surface area contributed by atoms with Crippen molar-refractivity contribution in [1.82, 2.24) is 0 Å². The minimum Gasteiger partial charge on any atom is -0.464 e. The molecular weight excluding hydrogens is 1420 g/mol. The van der Waals surface area contributed by atoms with Gasteiger partial charge in [0.2, 0.25) is 0 Å². The molecule has 0 aromatic heterocycles. The summed E-state index contributed by atoms with van der Waals surface area (Å²) in [6.45, 7) is -17.9. The fourth-order valence-electron chi connectivity index (χ4n) is 7.32. The zero-order chi connectivity index (χ0) is 81.7. The fraction of sp³-hybridized carbons (Fsp3) is 0.833. The second kappa shape index (κ2) is 41.7. The molecule has 0 aliphatic rings. The summed E-state index contributed by atoms with van der Waals surface area (Å²) in [5.41, 5.74) is -28.9. The number of esters is 11. The SMILES string of the molecule is CC(OCC(C)(COC(=O)C(C)(CO)CO)C(=O)OCC(COC(=O)C(C)(COC(=O)C(C)(CO)CO)COC(=O)C(C)(CO)CO)(COC(=O)C(C)(COC(=O)C(C)(CO)CO)COC(=O)C(C)(CO)CO)COC(=O)C(C)(COC(=O)C(C)(CO)CO)COC(=O)C(C)(CO)CO)C(C)(CO)CO. The van der Waals surface area contributed by atoms with Crippen LogP contribution in [0.15, 0.2) is 0 Å². The molecule has 0 fully saturated rings. The van der Waals surface area contributed by atoms with Crippen LogP contribution < -0.4 is 0 Å². The third-order valence-electron chi connectivity index (χ3n) is 18.4. The monoisotopic (exact) mass is 1530 g/mol. The highest BCUT2D eigenvalue weighted by Gasteiger charge is 2.52. The van der Waals surface area contributed by atoms with Crippen LogP contribution in [0.3, 0.4) is 0 Å². The molecule has 2 unspecified atom stereocenters. The molecule has 0 saturated heterocycles. The Morgan fingerprint density at radius 3 is 0.457 bits per heavy atom. The third kappa shape index (κ3) is 25.8. The van der Waals surface area contributed by atoms with Crippen molar-refractivity contribution >= 4 is 65.7 Å². The van der Waals surface area contributed by atoms with Gasteiger partial charge in [0.1, 0.15) is 138 Å². The molecule has 0 spiro atoms. The lowest BCUT2D eigenvalue weighted by Crippen LogP contribution is -2.51. The van der Waals surface area contributed by atoms with Crippen LogP contribution in [-0.2, 0) is 110 Å². The van der Waals surface area contributed by atoms with Crippen molar-refractivity contribution in [3.8, 4) is 0 Å². The number of hydrogen-bond donors (Lipinski definition) is 16. The first-order valence-electron chi connectivity index (χ1n) is 32.8. The predicted octanol–water partition coefficient (Wildman–Crippen LogP) is -6.69. The minimum atomic E-state index is -2.81. The van der Waals surface area contributed by atoms with E-state index in [9.17, 15) is 115 Å². The second-order valence-corrected chi connectivity index (χ2v) is 30.1. The molecule has 0 radical (unpaired) electrons. The highest BCUT2D eigenvalue weighted by atomic mass is 16.6. The van der Waals surface area contributed by atoms with E-state index in [0.29, 0.717) is 0 Å². The number of carbonyl (C=O) groups is 11. The summed E-state index contributed by atoms with van der Waals surface area (Å²) in [5.74, 6) is -16.2. The minimum absolute atomic E-state index is 0.733. The molecule has 0 aliphatic carbocycles. The van der Waals surface area contributed by atoms with Gasteiger partial charge in [-0.1, -0.05) is 6.92 Å². The average Bonchev–Trinajstić information content (AvgIpc) is 0.383. The van der Waals surface area contributed by atoms with Crippen molar-refractivity contribution < 1.29 is 191 Å². The van der Waals surface area contributed by atoms with Crippen molar-refractivity contribution in [3.05, 3.63) is 0 Å². The molecule has 0 saturated carbocycles. The zero-order valence-electron chi connectivity index (χ0n) is 61.9. The lowest BCUT2D eigenvalue weighted by atomic mass is 9.86. The first-order valence-corrected chi connectivity index (χ1v) is 32.8. The second-order valence-electron chi connectivity index (χ2n) is 30.1. The van der Waals surface area contributed by atoms with E-state index in [2.05, 4.69) is 0 Å². The maximum atomic E-state index is 15.2. The van der Waals surface area contributed by atoms with Gasteiger partial charge in [0, 0.05) is 5.41 Å². The maximum absolute atomic E-state index is 15.2. The van der Waals surface area contributed by atoms with Gasteiger partial charge in [-0.15, -0.1) is 0 Å². The Hall–Kier alpha value is -6.51. The molecule has 0 aromatic rings. The van der Waals surface area contributed by atoms with Crippen molar-refractivity contribution in [2.24, 2.45) is 70.4 Å². The summed E-state index contributed by atoms with van der Waals surface area (Å²) in [6.07, 6.45) is -1.20. The maximum Gasteiger partial charge on any atom is 0.318 e. The molecule has 39 nitrogen and oxygen atoms in total. The van der Waals surface area contributed by atoms with Crippen LogP contribution in [0.4, 0.5) is 0 Å². The van der Waals surface area contributed by atoms with E-state index < -0.39 is 327 Å². The summed E-state index contributed by atoms with van der Waals surface area (Å²) >= 11 is 0. The predicted molar refractivity (Wildman–Crippen MR) is 349 cm³/mol. The van der Waals surface area contributed by atoms with Crippen molar-refractivity contribution in [3.63, 3.8) is 0 Å². The number of aliphatic hydroxyl groups is 16. The van der Waals surface area contributed by atoms with Gasteiger partial charge < -0.3 is 139 Å². The summed E-state index contributed by atoms with van der Waals surface area (Å²) in [6, 6.07) is 0. The molecule has 0 heterocycles. The number of hydrogen-bond acceptors (Lipinski definition) is 39. The van der Waals surface area contributed by atoms with Crippen LogP contribution in [0, 0.1) is 70.4 Å². The zero-order valence-corrected chi connectivity index (χ0v) is 61.9. The topological polar surface area (TPSA) is 622 Å². The first-order chi connectivity index (χ1) is 48.5. The Bertz CT molecular complexity index is 2490. The van der Waals surface area contributed by atoms with Gasteiger partial charge in [-0.3, -0.25) is 52.7 Å². The van der Waals surface area contributed by atoms with Crippen LogP contribution in [0.1, 0.15) is 90.0 Å². The normalized spacial score (nSPS) is 14.0. The van der Waals surface area contributed by atoms with E-state index in [1.807, 2.05) is 0 Å². The third-order valence-corrected chi connectivity index (χ3v) is 18.4. The number of ether oxygens (including phenoxy) is 12. The average molecular weight is 1530 g/mol. The summed E-state index contributed by atoms with van der Waals surface area (Å²) in [5, 5.41) is 161. The molecule has 610 valence electrons. The van der Waals surface area contributed by atoms with E-state index in [-0.39, 0.29) is 0 Å². The van der Waals surface area contributed by atoms with E-state index in [1.165, 1.54) is 13.8 Å². The molecular formula is C66H112O39. The highest BCUT2D eigenvalue weighted by Crippen LogP contribution is 2.36. The van der Waals surface area contributed by atoms with Crippen LogP contribution in [0.5, 0.6) is 0 Å². The highest BCUT2D eigenvalue weighted by molar-refractivity contribution is 5.84. The van der Waals surface area contributed by atoms with E-state index in [1.54, 1.807) is 0 Å². The summed E-state index contributed by atoms with van der Waals surface area (Å²) in [7, 11) is 0. The lowest BCUT2D eigenvalue weighted by Gasteiger charge is -2.38. The molecule has 0 amide bonds. The van der Waals surface area contributed by atoms with E-state index in [4.69, 9.17) is 56.8 Å². The molecule has 0 rings (SSSR count). The quantitative estimate of drug-likeness (QED) is 0.0199. The molecule has 39 heteroatoms. The van der Waals surface area contributed by atoms with E-state index >= 15 is 19.2 Å². The molecule has 0 aliphatic heterocycles. The number of rotatable bonds is 53. The van der Waals surface area contributed by atoms with Crippen molar-refractivity contribution in [1.29, 1.82) is 0 Å². The smallest absolute Gasteiger partial charge is 0.318 e. The van der Waals surface area contributed by atoms with Crippen molar-refractivity contribution in [2.45, 2.75) is 96.1 Å². The first kappa shape index (κ1) is 98.5. The Balaban J connectivity index is 9.57. The van der Waals surface area contributed by atoms with Gasteiger partial charge >= 0.3 is 65.7 Å². The lowest BCUT2D eigenvalue weighted by molar-refractivity contribution is -0.192. The number of carbonyl (C=O) groups excluding carboxylic acids is 11. The summed E-state index contributed by atoms with van der Waals surface area (Å²) < 4.78 is 67.1. The Labute approximate surface area is 606 Å². The molecule has 16 N–H and O–H groups in total. The van der Waals surface area contributed by atoms with Gasteiger partial charge in [0.15, 0.2) is 0 Å². The van der Waals surface area contributed by atoms with Gasteiger partial charge in [0.25, 0.3) is 0 Å². The van der Waals surface area contributed by atoms with Gasteiger partial charge in [-0.2, -0.15) is 0 Å². The molecule has 105 heavy (non-hydrogen) atoms. The Morgan fingerprint density at radius 1 is 0.200 bits per heavy atom. The van der Waals surface area contributed by atoms with Crippen molar-refractivity contribution in [2.75, 3.05) is 185 Å². The Morgan fingerprint density at radius 2 is 0.324 bits per heavy atom. The Kier molecular flexibility index (Phi) is 39.1. The van der Waals surface area contributed by atoms with Crippen LogP contribution in [0.2, 0.25) is 0 Å². The molecule has 0 aromatic carbocycles. The largest absolute Gasteiger partial charge is 0.464 e. The summed E-state index contributed by atoms with van der Waals surface area (Å²) in [4.78, 5) is 155. The van der Waals surface area contributed by atoms with Gasteiger partial charge in [0.05, 0.1) is 118 Å². The van der Waals surface area contributed by atoms with Crippen LogP contribution >= 0.6 is 0 Å².